The lowest BCUT2D eigenvalue weighted by molar-refractivity contribution is -0.128. The van der Waals surface area contributed by atoms with Gasteiger partial charge in [0, 0.05) is 26.6 Å². The Bertz CT molecular complexity index is 724. The van der Waals surface area contributed by atoms with Crippen LogP contribution in [0.2, 0.25) is 0 Å². The van der Waals surface area contributed by atoms with Crippen LogP contribution in [0.4, 0.5) is 0 Å². The molecule has 1 aromatic rings. The quantitative estimate of drug-likeness (QED) is 0.699. The topological polar surface area (TPSA) is 85.2 Å². The van der Waals surface area contributed by atoms with Crippen molar-refractivity contribution in [1.82, 2.24) is 19.7 Å². The smallest absolute Gasteiger partial charge is 0.233 e. The lowest BCUT2D eigenvalue weighted by Crippen LogP contribution is -2.35. The highest BCUT2D eigenvalue weighted by atomic mass is 32.2. The zero-order chi connectivity index (χ0) is 18.6. The fourth-order valence-electron chi connectivity index (χ4n) is 3.65. The Morgan fingerprint density at radius 1 is 1.15 bits per heavy atom. The molecule has 9 heteroatoms. The lowest BCUT2D eigenvalue weighted by atomic mass is 10.1. The average Bonchev–Trinajstić information content (AvgIpc) is 3.08. The van der Waals surface area contributed by atoms with E-state index in [1.807, 2.05) is 16.5 Å². The Kier molecular flexibility index (Phi) is 6.60. The zero-order valence-electron chi connectivity index (χ0n) is 15.4. The number of sulfone groups is 1. The van der Waals surface area contributed by atoms with Crippen molar-refractivity contribution in [1.29, 1.82) is 0 Å². The molecule has 2 saturated heterocycles. The molecule has 2 aliphatic heterocycles. The first-order valence-electron chi connectivity index (χ1n) is 9.44. The second-order valence-electron chi connectivity index (χ2n) is 7.37. The Balaban J connectivity index is 1.52. The van der Waals surface area contributed by atoms with E-state index in [2.05, 4.69) is 10.2 Å². The third-order valence-electron chi connectivity index (χ3n) is 5.26. The van der Waals surface area contributed by atoms with Gasteiger partial charge in [0.2, 0.25) is 5.91 Å². The monoisotopic (exact) mass is 400 g/mol. The molecule has 0 spiro atoms. The number of hydrogen-bond donors (Lipinski definition) is 0. The summed E-state index contributed by atoms with van der Waals surface area (Å²) in [6, 6.07) is 0. The van der Waals surface area contributed by atoms with Crippen molar-refractivity contribution in [3.63, 3.8) is 0 Å². The Labute approximate surface area is 159 Å². The second kappa shape index (κ2) is 8.73. The van der Waals surface area contributed by atoms with Crippen LogP contribution in [-0.2, 0) is 28.1 Å². The van der Waals surface area contributed by atoms with Gasteiger partial charge < -0.3 is 9.47 Å². The van der Waals surface area contributed by atoms with Crippen LogP contribution >= 0.6 is 11.8 Å². The molecule has 0 N–H and O–H groups in total. The van der Waals surface area contributed by atoms with Gasteiger partial charge in [-0.15, -0.1) is 10.2 Å². The van der Waals surface area contributed by atoms with Crippen molar-refractivity contribution in [2.24, 2.45) is 13.0 Å². The highest BCUT2D eigenvalue weighted by Gasteiger charge is 2.29. The van der Waals surface area contributed by atoms with Gasteiger partial charge in [0.05, 0.1) is 17.3 Å². The minimum absolute atomic E-state index is 0.128. The van der Waals surface area contributed by atoms with Crippen molar-refractivity contribution in [3.8, 4) is 0 Å². The molecule has 0 saturated carbocycles. The number of aromatic nitrogens is 3. The SMILES string of the molecule is Cn1c(C[C@H]2CCS(=O)(=O)C2)nnc1SCC(=O)N1CCCCCCC1. The molecule has 7 nitrogen and oxygen atoms in total. The molecule has 0 aliphatic carbocycles. The summed E-state index contributed by atoms with van der Waals surface area (Å²) in [4.78, 5) is 14.5. The van der Waals surface area contributed by atoms with Gasteiger partial charge in [-0.2, -0.15) is 0 Å². The van der Waals surface area contributed by atoms with E-state index in [0.29, 0.717) is 18.6 Å². The summed E-state index contributed by atoms with van der Waals surface area (Å²) >= 11 is 1.42. The average molecular weight is 401 g/mol. The minimum atomic E-state index is -2.87. The minimum Gasteiger partial charge on any atom is -0.342 e. The number of amides is 1. The van der Waals surface area contributed by atoms with Crippen LogP contribution in [0.15, 0.2) is 5.16 Å². The molecular formula is C17H28N4O3S2. The number of carbonyl (C=O) groups excluding carboxylic acids is 1. The molecule has 0 radical (unpaired) electrons. The van der Waals surface area contributed by atoms with E-state index in [-0.39, 0.29) is 23.3 Å². The van der Waals surface area contributed by atoms with E-state index in [1.165, 1.54) is 31.0 Å². The van der Waals surface area contributed by atoms with E-state index in [1.54, 1.807) is 0 Å². The Hall–Kier alpha value is -1.09. The maximum Gasteiger partial charge on any atom is 0.233 e. The van der Waals surface area contributed by atoms with E-state index in [9.17, 15) is 13.2 Å². The van der Waals surface area contributed by atoms with Crippen LogP contribution < -0.4 is 0 Å². The molecule has 0 aromatic carbocycles. The molecule has 3 heterocycles. The normalized spacial score (nSPS) is 23.6. The van der Waals surface area contributed by atoms with Crippen LogP contribution in [0.3, 0.4) is 0 Å². The van der Waals surface area contributed by atoms with Crippen LogP contribution in [0.5, 0.6) is 0 Å². The maximum atomic E-state index is 12.5. The number of nitrogens with zero attached hydrogens (tertiary/aromatic N) is 4. The molecule has 2 aliphatic rings. The molecular weight excluding hydrogens is 372 g/mol. The van der Waals surface area contributed by atoms with E-state index < -0.39 is 9.84 Å². The van der Waals surface area contributed by atoms with Gasteiger partial charge in [0.1, 0.15) is 5.82 Å². The fraction of sp³-hybridized carbons (Fsp3) is 0.824. The van der Waals surface area contributed by atoms with Gasteiger partial charge in [-0.05, 0) is 25.2 Å². The molecule has 1 atom stereocenters. The summed E-state index contributed by atoms with van der Waals surface area (Å²) in [5.41, 5.74) is 0. The molecule has 1 amide bonds. The van der Waals surface area contributed by atoms with Gasteiger partial charge in [-0.25, -0.2) is 8.42 Å². The maximum absolute atomic E-state index is 12.5. The number of rotatable bonds is 5. The van der Waals surface area contributed by atoms with Gasteiger partial charge in [-0.3, -0.25) is 4.79 Å². The van der Waals surface area contributed by atoms with E-state index >= 15 is 0 Å². The van der Waals surface area contributed by atoms with Crippen molar-refractivity contribution < 1.29 is 13.2 Å². The fourth-order valence-corrected chi connectivity index (χ4v) is 6.35. The summed E-state index contributed by atoms with van der Waals surface area (Å²) < 4.78 is 25.1. The Morgan fingerprint density at radius 2 is 1.85 bits per heavy atom. The van der Waals surface area contributed by atoms with E-state index in [0.717, 1.165) is 36.9 Å². The molecule has 0 bridgehead atoms. The van der Waals surface area contributed by atoms with Crippen molar-refractivity contribution >= 4 is 27.5 Å². The second-order valence-corrected chi connectivity index (χ2v) is 10.5. The van der Waals surface area contributed by atoms with Crippen molar-refractivity contribution in [3.05, 3.63) is 5.82 Å². The van der Waals surface area contributed by atoms with Crippen LogP contribution in [0.1, 0.15) is 44.3 Å². The highest BCUT2D eigenvalue weighted by Crippen LogP contribution is 2.24. The number of thioether (sulfide) groups is 1. The lowest BCUT2D eigenvalue weighted by Gasteiger charge is -2.24. The molecule has 146 valence electrons. The Morgan fingerprint density at radius 3 is 2.50 bits per heavy atom. The van der Waals surface area contributed by atoms with Gasteiger partial charge in [-0.1, -0.05) is 31.0 Å². The molecule has 3 rings (SSSR count). The van der Waals surface area contributed by atoms with Gasteiger partial charge in [0.15, 0.2) is 15.0 Å². The molecule has 2 fully saturated rings. The van der Waals surface area contributed by atoms with E-state index in [4.69, 9.17) is 0 Å². The highest BCUT2D eigenvalue weighted by molar-refractivity contribution is 7.99. The van der Waals surface area contributed by atoms with Gasteiger partial charge >= 0.3 is 0 Å². The molecule has 0 unspecified atom stereocenters. The summed E-state index contributed by atoms with van der Waals surface area (Å²) in [7, 11) is -0.983. The van der Waals surface area contributed by atoms with Crippen LogP contribution in [-0.4, -0.2) is 64.3 Å². The molecule has 26 heavy (non-hydrogen) atoms. The largest absolute Gasteiger partial charge is 0.342 e. The predicted molar refractivity (Wildman–Crippen MR) is 102 cm³/mol. The van der Waals surface area contributed by atoms with Crippen LogP contribution in [0, 0.1) is 5.92 Å². The summed E-state index contributed by atoms with van der Waals surface area (Å²) in [6.45, 7) is 1.72. The number of carbonyl (C=O) groups is 1. The first-order valence-corrected chi connectivity index (χ1v) is 12.2. The van der Waals surface area contributed by atoms with Crippen molar-refractivity contribution in [2.45, 2.75) is 50.1 Å². The number of likely N-dealkylation sites (tertiary alicyclic amines) is 1. The third-order valence-corrected chi connectivity index (χ3v) is 8.10. The predicted octanol–water partition coefficient (Wildman–Crippen LogP) is 1.68. The first kappa shape index (κ1) is 19.7. The molecule has 1 aromatic heterocycles. The zero-order valence-corrected chi connectivity index (χ0v) is 17.0. The van der Waals surface area contributed by atoms with Crippen molar-refractivity contribution in [2.75, 3.05) is 30.3 Å². The summed E-state index contributed by atoms with van der Waals surface area (Å²) in [5.74, 6) is 2.00. The van der Waals surface area contributed by atoms with Gasteiger partial charge in [0.25, 0.3) is 0 Å². The first-order chi connectivity index (χ1) is 12.4. The van der Waals surface area contributed by atoms with Crippen LogP contribution in [0.25, 0.3) is 0 Å². The number of hydrogen-bond acceptors (Lipinski definition) is 6. The standard InChI is InChI=1S/C17H28N4O3S2/c1-20-15(11-14-7-10-26(23,24)13-14)18-19-17(20)25-12-16(22)21-8-5-3-2-4-6-9-21/h14H,2-13H2,1H3/t14-/m1/s1. The summed E-state index contributed by atoms with van der Waals surface area (Å²) in [6.07, 6.45) is 7.21. The summed E-state index contributed by atoms with van der Waals surface area (Å²) in [5, 5.41) is 9.14. The third kappa shape index (κ3) is 5.22.